The van der Waals surface area contributed by atoms with Gasteiger partial charge in [-0.2, -0.15) is 0 Å². The first-order chi connectivity index (χ1) is 7.36. The Morgan fingerprint density at radius 3 is 2.50 bits per heavy atom. The molecule has 16 heavy (non-hydrogen) atoms. The lowest BCUT2D eigenvalue weighted by Crippen LogP contribution is -2.20. The Hall–Kier alpha value is -0.570. The number of alkyl halides is 1. The van der Waals surface area contributed by atoms with E-state index in [-0.39, 0.29) is 11.2 Å². The molecule has 0 radical (unpaired) electrons. The first-order valence-electron chi connectivity index (χ1n) is 5.35. The van der Waals surface area contributed by atoms with Crippen LogP contribution < -0.4 is 4.74 Å². The van der Waals surface area contributed by atoms with Gasteiger partial charge in [-0.1, -0.05) is 42.8 Å². The first kappa shape index (κ1) is 13.5. The number of rotatable bonds is 4. The number of halogens is 2. The number of methoxy groups -OCH3 is 1. The van der Waals surface area contributed by atoms with Crippen LogP contribution in [-0.4, -0.2) is 11.9 Å². The van der Waals surface area contributed by atoms with Gasteiger partial charge >= 0.3 is 0 Å². The van der Waals surface area contributed by atoms with E-state index in [1.807, 2.05) is 6.07 Å². The molecule has 0 bridgehead atoms. The van der Waals surface area contributed by atoms with Gasteiger partial charge in [0.1, 0.15) is 0 Å². The van der Waals surface area contributed by atoms with Crippen LogP contribution in [-0.2, 0) is 5.41 Å². The Bertz CT molecular complexity index is 361. The fourth-order valence-corrected chi connectivity index (χ4v) is 2.72. The normalized spacial score (nSPS) is 13.6. The van der Waals surface area contributed by atoms with Crippen LogP contribution in [0.1, 0.15) is 32.8 Å². The minimum Gasteiger partial charge on any atom is -0.494 e. The summed E-state index contributed by atoms with van der Waals surface area (Å²) >= 11 is 3.54. The van der Waals surface area contributed by atoms with Crippen molar-refractivity contribution in [1.29, 1.82) is 0 Å². The highest BCUT2D eigenvalue weighted by atomic mass is 79.9. The van der Waals surface area contributed by atoms with E-state index in [1.165, 1.54) is 7.11 Å². The molecule has 1 rings (SSSR count). The third kappa shape index (κ3) is 3.21. The van der Waals surface area contributed by atoms with Gasteiger partial charge in [0.2, 0.25) is 0 Å². The molecule has 0 heterocycles. The monoisotopic (exact) mass is 288 g/mol. The summed E-state index contributed by atoms with van der Waals surface area (Å²) in [5.74, 6) is 0.00161. The molecule has 0 aliphatic carbocycles. The van der Waals surface area contributed by atoms with Crippen molar-refractivity contribution in [1.82, 2.24) is 0 Å². The molecule has 0 N–H and O–H groups in total. The number of ether oxygens (including phenoxy) is 1. The van der Waals surface area contributed by atoms with E-state index in [9.17, 15) is 4.39 Å². The Labute approximate surface area is 105 Å². The lowest BCUT2D eigenvalue weighted by Gasteiger charge is -2.27. The third-order valence-corrected chi connectivity index (χ3v) is 3.05. The Morgan fingerprint density at radius 1 is 1.44 bits per heavy atom. The van der Waals surface area contributed by atoms with Crippen LogP contribution in [0.15, 0.2) is 18.2 Å². The highest BCUT2D eigenvalue weighted by Crippen LogP contribution is 2.32. The largest absolute Gasteiger partial charge is 0.494 e. The van der Waals surface area contributed by atoms with Gasteiger partial charge in [0.25, 0.3) is 0 Å². The number of benzene rings is 1. The smallest absolute Gasteiger partial charge is 0.165 e. The van der Waals surface area contributed by atoms with Crippen molar-refractivity contribution in [2.45, 2.75) is 37.4 Å². The Balaban J connectivity index is 3.00. The van der Waals surface area contributed by atoms with Gasteiger partial charge < -0.3 is 4.74 Å². The molecule has 0 aliphatic heterocycles. The van der Waals surface area contributed by atoms with Gasteiger partial charge in [-0.3, -0.25) is 0 Å². The maximum absolute atomic E-state index is 13.6. The molecule has 3 heteroatoms. The lowest BCUT2D eigenvalue weighted by atomic mass is 9.80. The van der Waals surface area contributed by atoms with Crippen LogP contribution in [0.25, 0.3) is 0 Å². The fourth-order valence-electron chi connectivity index (χ4n) is 1.91. The highest BCUT2D eigenvalue weighted by Gasteiger charge is 2.23. The molecule has 1 unspecified atom stereocenters. The second-order valence-electron chi connectivity index (χ2n) is 4.72. The first-order valence-corrected chi connectivity index (χ1v) is 6.26. The zero-order valence-electron chi connectivity index (χ0n) is 10.2. The van der Waals surface area contributed by atoms with E-state index in [0.717, 1.165) is 12.0 Å². The molecule has 0 aromatic heterocycles. The van der Waals surface area contributed by atoms with Crippen molar-refractivity contribution in [2.75, 3.05) is 7.11 Å². The van der Waals surface area contributed by atoms with E-state index < -0.39 is 0 Å². The molecule has 0 fully saturated rings. The van der Waals surface area contributed by atoms with Crippen molar-refractivity contribution in [3.63, 3.8) is 0 Å². The quantitative estimate of drug-likeness (QED) is 0.751. The summed E-state index contributed by atoms with van der Waals surface area (Å²) < 4.78 is 18.5. The van der Waals surface area contributed by atoms with Gasteiger partial charge in [-0.25, -0.2) is 4.39 Å². The average molecular weight is 289 g/mol. The predicted octanol–water partition coefficient (Wildman–Crippen LogP) is 4.29. The zero-order chi connectivity index (χ0) is 12.3. The van der Waals surface area contributed by atoms with Crippen LogP contribution >= 0.6 is 15.9 Å². The summed E-state index contributed by atoms with van der Waals surface area (Å²) in [5.41, 5.74) is 0.952. The van der Waals surface area contributed by atoms with E-state index in [4.69, 9.17) is 4.74 Å². The number of hydrogen-bond donors (Lipinski definition) is 0. The molecule has 1 atom stereocenters. The third-order valence-electron chi connectivity index (χ3n) is 2.72. The van der Waals surface area contributed by atoms with Crippen molar-refractivity contribution < 1.29 is 9.13 Å². The maximum atomic E-state index is 13.6. The standard InChI is InChI=1S/C13H18BrFO/c1-9(14)8-13(2,3)10-5-6-12(16-4)11(15)7-10/h5-7,9H,8H2,1-4H3. The van der Waals surface area contributed by atoms with Gasteiger partial charge in [0.15, 0.2) is 11.6 Å². The summed E-state index contributed by atoms with van der Waals surface area (Å²) in [6, 6.07) is 5.18. The molecular weight excluding hydrogens is 271 g/mol. The number of hydrogen-bond acceptors (Lipinski definition) is 1. The Morgan fingerprint density at radius 2 is 2.06 bits per heavy atom. The fraction of sp³-hybridized carbons (Fsp3) is 0.538. The van der Waals surface area contributed by atoms with Gasteiger partial charge in [0.05, 0.1) is 7.11 Å². The second kappa shape index (κ2) is 5.17. The Kier molecular flexibility index (Phi) is 4.36. The molecule has 0 saturated carbocycles. The highest BCUT2D eigenvalue weighted by molar-refractivity contribution is 9.09. The van der Waals surface area contributed by atoms with E-state index in [0.29, 0.717) is 10.6 Å². The summed E-state index contributed by atoms with van der Waals surface area (Å²) in [7, 11) is 1.48. The molecule has 90 valence electrons. The molecule has 1 aromatic carbocycles. The summed E-state index contributed by atoms with van der Waals surface area (Å²) in [5, 5.41) is 0. The van der Waals surface area contributed by atoms with Crippen LogP contribution in [0.5, 0.6) is 5.75 Å². The van der Waals surface area contributed by atoms with Crippen LogP contribution in [0.4, 0.5) is 4.39 Å². The maximum Gasteiger partial charge on any atom is 0.165 e. The molecule has 1 nitrogen and oxygen atoms in total. The average Bonchev–Trinajstić information content (AvgIpc) is 2.15. The summed E-state index contributed by atoms with van der Waals surface area (Å²) in [6.07, 6.45) is 0.957. The van der Waals surface area contributed by atoms with Gasteiger partial charge in [-0.15, -0.1) is 0 Å². The van der Waals surface area contributed by atoms with E-state index in [1.54, 1.807) is 12.1 Å². The lowest BCUT2D eigenvalue weighted by molar-refractivity contribution is 0.384. The molecule has 0 spiro atoms. The summed E-state index contributed by atoms with van der Waals surface area (Å²) in [6.45, 7) is 6.33. The van der Waals surface area contributed by atoms with E-state index in [2.05, 4.69) is 36.7 Å². The summed E-state index contributed by atoms with van der Waals surface area (Å²) in [4.78, 5) is 0.410. The van der Waals surface area contributed by atoms with Crippen molar-refractivity contribution >= 4 is 15.9 Å². The minimum atomic E-state index is -0.296. The van der Waals surface area contributed by atoms with Crippen molar-refractivity contribution in [3.05, 3.63) is 29.6 Å². The predicted molar refractivity (Wildman–Crippen MR) is 69.0 cm³/mol. The van der Waals surface area contributed by atoms with Crippen molar-refractivity contribution in [2.24, 2.45) is 0 Å². The minimum absolute atomic E-state index is 0.0456. The van der Waals surface area contributed by atoms with Gasteiger partial charge in [0, 0.05) is 4.83 Å². The molecule has 0 aliphatic rings. The van der Waals surface area contributed by atoms with E-state index >= 15 is 0 Å². The molecule has 0 amide bonds. The van der Waals surface area contributed by atoms with Crippen LogP contribution in [0.3, 0.4) is 0 Å². The van der Waals surface area contributed by atoms with Crippen LogP contribution in [0.2, 0.25) is 0 Å². The molecule has 1 aromatic rings. The zero-order valence-corrected chi connectivity index (χ0v) is 11.8. The SMILES string of the molecule is COc1ccc(C(C)(C)CC(C)Br)cc1F. The van der Waals surface area contributed by atoms with Crippen molar-refractivity contribution in [3.8, 4) is 5.75 Å². The second-order valence-corrected chi connectivity index (χ2v) is 6.28. The molecular formula is C13H18BrFO. The van der Waals surface area contributed by atoms with Gasteiger partial charge in [-0.05, 0) is 29.5 Å². The van der Waals surface area contributed by atoms with Crippen LogP contribution in [0, 0.1) is 5.82 Å². The molecule has 0 saturated heterocycles. The topological polar surface area (TPSA) is 9.23 Å².